The number of hydrogen-bond acceptors (Lipinski definition) is 7. The van der Waals surface area contributed by atoms with Gasteiger partial charge in [0, 0.05) is 38.0 Å². The zero-order chi connectivity index (χ0) is 33.3. The van der Waals surface area contributed by atoms with Gasteiger partial charge >= 0.3 is 5.97 Å². The molecule has 8 nitrogen and oxygen atoms in total. The summed E-state index contributed by atoms with van der Waals surface area (Å²) in [6, 6.07) is 34.8. The molecule has 5 atom stereocenters. The van der Waals surface area contributed by atoms with E-state index in [4.69, 9.17) is 14.2 Å². The van der Waals surface area contributed by atoms with Gasteiger partial charge in [-0.3, -0.25) is 14.5 Å². The van der Waals surface area contributed by atoms with Gasteiger partial charge in [0.15, 0.2) is 12.4 Å². The molecule has 8 heteroatoms. The minimum absolute atomic E-state index is 0.00150. The summed E-state index contributed by atoms with van der Waals surface area (Å²) in [5.74, 6) is -0.834. The molecule has 0 aromatic heterocycles. The average molecular weight is 637 g/mol. The van der Waals surface area contributed by atoms with Crippen molar-refractivity contribution in [1.29, 1.82) is 0 Å². The van der Waals surface area contributed by atoms with E-state index in [0.717, 1.165) is 39.9 Å². The Balaban J connectivity index is 1.30. The molecule has 2 N–H and O–H groups in total. The van der Waals surface area contributed by atoms with Crippen LogP contribution in [0, 0.1) is 0 Å². The Kier molecular flexibility index (Phi) is 11.6. The number of aliphatic hydroxyl groups excluding tert-OH is 1. The first-order valence-electron chi connectivity index (χ1n) is 16.1. The molecule has 1 fully saturated rings. The van der Waals surface area contributed by atoms with Gasteiger partial charge in [0.2, 0.25) is 0 Å². The van der Waals surface area contributed by atoms with Crippen LogP contribution < -0.4 is 5.32 Å². The van der Waals surface area contributed by atoms with Crippen molar-refractivity contribution >= 4 is 11.9 Å². The lowest BCUT2D eigenvalue weighted by Crippen LogP contribution is -2.38. The van der Waals surface area contributed by atoms with Crippen LogP contribution in [-0.4, -0.2) is 47.7 Å². The minimum Gasteiger partial charge on any atom is -0.453 e. The minimum atomic E-state index is -0.848. The van der Waals surface area contributed by atoms with Gasteiger partial charge in [-0.05, 0) is 60.3 Å². The fourth-order valence-corrected chi connectivity index (χ4v) is 5.83. The first kappa shape index (κ1) is 34.0. The number of carbonyl (C=O) groups is 2. The number of nitrogens with zero attached hydrogens (tertiary/aromatic N) is 1. The highest BCUT2D eigenvalue weighted by molar-refractivity contribution is 5.82. The molecule has 47 heavy (non-hydrogen) atoms. The van der Waals surface area contributed by atoms with Crippen LogP contribution in [-0.2, 0) is 37.0 Å². The van der Waals surface area contributed by atoms with Gasteiger partial charge in [0.25, 0.3) is 5.91 Å². The van der Waals surface area contributed by atoms with Crippen molar-refractivity contribution in [2.45, 2.75) is 71.0 Å². The first-order chi connectivity index (χ1) is 22.7. The number of carbonyl (C=O) groups excluding carboxylic acids is 2. The zero-order valence-corrected chi connectivity index (χ0v) is 27.5. The Morgan fingerprint density at radius 3 is 2.26 bits per heavy atom. The number of hydrogen-bond donors (Lipinski definition) is 2. The molecule has 0 unspecified atom stereocenters. The summed E-state index contributed by atoms with van der Waals surface area (Å²) >= 11 is 0. The van der Waals surface area contributed by atoms with Crippen LogP contribution in [0.4, 0.5) is 0 Å². The molecule has 246 valence electrons. The number of benzene rings is 4. The highest BCUT2D eigenvalue weighted by Crippen LogP contribution is 2.39. The van der Waals surface area contributed by atoms with Gasteiger partial charge in [-0.2, -0.15) is 0 Å². The fraction of sp³-hybridized carbons (Fsp3) is 0.333. The second-order valence-corrected chi connectivity index (χ2v) is 12.2. The predicted octanol–water partition coefficient (Wildman–Crippen LogP) is 6.65. The van der Waals surface area contributed by atoms with E-state index in [0.29, 0.717) is 13.0 Å². The molecule has 1 aliphatic heterocycles. The summed E-state index contributed by atoms with van der Waals surface area (Å²) in [6.45, 7) is 6.10. The molecule has 0 spiro atoms. The highest BCUT2D eigenvalue weighted by Gasteiger charge is 2.33. The molecule has 5 rings (SSSR count). The van der Waals surface area contributed by atoms with E-state index in [1.165, 1.54) is 12.5 Å². The van der Waals surface area contributed by atoms with Crippen LogP contribution in [0.1, 0.15) is 73.4 Å². The Hall–Kier alpha value is -4.34. The molecule has 0 saturated carbocycles. The largest absolute Gasteiger partial charge is 0.453 e. The molecule has 0 radical (unpaired) electrons. The summed E-state index contributed by atoms with van der Waals surface area (Å²) in [6.07, 6.45) is -0.919. The summed E-state index contributed by atoms with van der Waals surface area (Å²) in [4.78, 5) is 25.8. The average Bonchev–Trinajstić information content (AvgIpc) is 3.10. The van der Waals surface area contributed by atoms with E-state index in [2.05, 4.69) is 60.6 Å². The number of esters is 1. The fourth-order valence-electron chi connectivity index (χ4n) is 5.83. The number of likely N-dealkylation sites (N-methyl/N-ethyl adjacent to an activating group) is 1. The SMILES string of the molecule is CC(=O)O[C@@H](C)C(=O)NCc1cccc(-c2ccc([C@@H]3O[C@H](CN(C)[C@@H](C)c4ccccc4)C[C@H](c4ccc(CO)cc4)O3)cc2)c1. The van der Waals surface area contributed by atoms with Crippen LogP contribution in [0.3, 0.4) is 0 Å². The van der Waals surface area contributed by atoms with E-state index in [9.17, 15) is 14.7 Å². The van der Waals surface area contributed by atoms with E-state index in [-0.39, 0.29) is 30.8 Å². The Labute approximate surface area is 277 Å². The van der Waals surface area contributed by atoms with Crippen molar-refractivity contribution in [3.8, 4) is 11.1 Å². The first-order valence-corrected chi connectivity index (χ1v) is 16.1. The quantitative estimate of drug-likeness (QED) is 0.168. The summed E-state index contributed by atoms with van der Waals surface area (Å²) < 4.78 is 18.2. The molecular formula is C39H44N2O6. The van der Waals surface area contributed by atoms with E-state index < -0.39 is 18.4 Å². The third kappa shape index (κ3) is 9.14. The molecule has 4 aromatic carbocycles. The molecule has 1 amide bonds. The molecule has 4 aromatic rings. The van der Waals surface area contributed by atoms with Crippen molar-refractivity contribution in [1.82, 2.24) is 10.2 Å². The van der Waals surface area contributed by atoms with Crippen LogP contribution in [0.2, 0.25) is 0 Å². The van der Waals surface area contributed by atoms with Gasteiger partial charge in [-0.15, -0.1) is 0 Å². The molecule has 1 saturated heterocycles. The lowest BCUT2D eigenvalue weighted by atomic mass is 9.98. The van der Waals surface area contributed by atoms with Crippen LogP contribution in [0.5, 0.6) is 0 Å². The third-order valence-electron chi connectivity index (χ3n) is 8.67. The van der Waals surface area contributed by atoms with Gasteiger partial charge in [-0.1, -0.05) is 97.1 Å². The Morgan fingerprint density at radius 2 is 1.57 bits per heavy atom. The molecular weight excluding hydrogens is 592 g/mol. The normalized spacial score (nSPS) is 19.1. The summed E-state index contributed by atoms with van der Waals surface area (Å²) in [5, 5.41) is 12.4. The monoisotopic (exact) mass is 636 g/mol. The van der Waals surface area contributed by atoms with Crippen molar-refractivity contribution in [2.75, 3.05) is 13.6 Å². The number of amides is 1. The standard InChI is InChI=1S/C39H44N2O6/c1-26(31-10-6-5-7-11-31)41(4)24-36-22-37(33-15-13-29(25-42)14-16-33)47-39(46-36)34-19-17-32(18-20-34)35-12-8-9-30(21-35)23-40-38(44)27(2)45-28(3)43/h5-21,26-27,36-37,39,42H,22-25H2,1-4H3,(H,40,44)/t26-,27-,36-,37+,39+/m0/s1. The molecule has 0 bridgehead atoms. The van der Waals surface area contributed by atoms with Crippen LogP contribution >= 0.6 is 0 Å². The predicted molar refractivity (Wildman–Crippen MR) is 181 cm³/mol. The van der Waals surface area contributed by atoms with E-state index >= 15 is 0 Å². The van der Waals surface area contributed by atoms with Gasteiger partial charge < -0.3 is 24.6 Å². The maximum absolute atomic E-state index is 12.3. The van der Waals surface area contributed by atoms with E-state index in [1.807, 2.05) is 66.7 Å². The molecule has 1 aliphatic rings. The van der Waals surface area contributed by atoms with Crippen molar-refractivity contribution in [3.05, 3.63) is 131 Å². The number of ether oxygens (including phenoxy) is 3. The lowest BCUT2D eigenvalue weighted by molar-refractivity contribution is -0.253. The van der Waals surface area contributed by atoms with Crippen molar-refractivity contribution < 1.29 is 28.9 Å². The number of nitrogens with one attached hydrogen (secondary N) is 1. The highest BCUT2D eigenvalue weighted by atomic mass is 16.7. The topological polar surface area (TPSA) is 97.3 Å². The van der Waals surface area contributed by atoms with E-state index in [1.54, 1.807) is 6.92 Å². The Morgan fingerprint density at radius 1 is 0.872 bits per heavy atom. The van der Waals surface area contributed by atoms with Crippen molar-refractivity contribution in [3.63, 3.8) is 0 Å². The molecule has 1 heterocycles. The smallest absolute Gasteiger partial charge is 0.303 e. The maximum Gasteiger partial charge on any atom is 0.303 e. The third-order valence-corrected chi connectivity index (χ3v) is 8.67. The van der Waals surface area contributed by atoms with Crippen LogP contribution in [0.25, 0.3) is 11.1 Å². The Bertz CT molecular complexity index is 1610. The van der Waals surface area contributed by atoms with Crippen LogP contribution in [0.15, 0.2) is 103 Å². The number of aliphatic hydroxyl groups is 1. The zero-order valence-electron chi connectivity index (χ0n) is 27.5. The second-order valence-electron chi connectivity index (χ2n) is 12.2. The second kappa shape index (κ2) is 16.0. The maximum atomic E-state index is 12.3. The summed E-state index contributed by atoms with van der Waals surface area (Å²) in [5.41, 5.74) is 7.07. The van der Waals surface area contributed by atoms with Crippen molar-refractivity contribution in [2.24, 2.45) is 0 Å². The number of rotatable bonds is 12. The van der Waals surface area contributed by atoms with Gasteiger partial charge in [-0.25, -0.2) is 0 Å². The lowest BCUT2D eigenvalue weighted by Gasteiger charge is -2.39. The molecule has 0 aliphatic carbocycles. The van der Waals surface area contributed by atoms with Gasteiger partial charge in [0.1, 0.15) is 0 Å². The summed E-state index contributed by atoms with van der Waals surface area (Å²) in [7, 11) is 2.13. The van der Waals surface area contributed by atoms with Gasteiger partial charge in [0.05, 0.1) is 18.8 Å².